The summed E-state index contributed by atoms with van der Waals surface area (Å²) < 4.78 is 10.3. The molecule has 0 saturated carbocycles. The van der Waals surface area contributed by atoms with E-state index in [9.17, 15) is 24.5 Å². The lowest BCUT2D eigenvalue weighted by Gasteiger charge is -2.25. The molecule has 0 heterocycles. The second kappa shape index (κ2) is 12.4. The van der Waals surface area contributed by atoms with Crippen LogP contribution in [0.1, 0.15) is 39.2 Å². The van der Waals surface area contributed by atoms with Gasteiger partial charge in [-0.3, -0.25) is 9.59 Å². The Morgan fingerprint density at radius 3 is 2.43 bits per heavy atom. The Morgan fingerprint density at radius 1 is 1.14 bits per heavy atom. The molecule has 10 nitrogen and oxygen atoms in total. The number of carbonyl (C=O) groups is 3. The number of benzene rings is 2. The third kappa shape index (κ3) is 7.84. The maximum atomic E-state index is 12.9. The van der Waals surface area contributed by atoms with Gasteiger partial charge in [-0.15, -0.1) is 10.1 Å². The topological polar surface area (TPSA) is 134 Å². The summed E-state index contributed by atoms with van der Waals surface area (Å²) in [6.45, 7) is 5.90. The van der Waals surface area contributed by atoms with Gasteiger partial charge in [0.15, 0.2) is 5.12 Å². The van der Waals surface area contributed by atoms with Crippen LogP contribution in [0.5, 0.6) is 5.75 Å². The Bertz CT molecular complexity index is 1090. The van der Waals surface area contributed by atoms with Crippen molar-refractivity contribution in [3.8, 4) is 5.75 Å². The van der Waals surface area contributed by atoms with E-state index in [0.717, 1.165) is 33.8 Å². The van der Waals surface area contributed by atoms with Gasteiger partial charge in [0, 0.05) is 5.75 Å². The molecule has 2 aromatic carbocycles. The van der Waals surface area contributed by atoms with Gasteiger partial charge in [0.2, 0.25) is 5.91 Å². The van der Waals surface area contributed by atoms with E-state index in [0.29, 0.717) is 0 Å². The molecular weight excluding hydrogens is 476 g/mol. The Balaban J connectivity index is 2.08. The van der Waals surface area contributed by atoms with Crippen molar-refractivity contribution in [3.63, 3.8) is 0 Å². The van der Waals surface area contributed by atoms with Gasteiger partial charge in [-0.2, -0.15) is 0 Å². The molecule has 0 saturated heterocycles. The number of esters is 1. The normalized spacial score (nSPS) is 12.9. The van der Waals surface area contributed by atoms with Gasteiger partial charge in [-0.25, -0.2) is 4.79 Å². The fraction of sp³-hybridized carbons (Fsp3) is 0.458. The fourth-order valence-corrected chi connectivity index (χ4v) is 4.05. The van der Waals surface area contributed by atoms with Crippen LogP contribution in [0.3, 0.4) is 0 Å². The summed E-state index contributed by atoms with van der Waals surface area (Å²) in [5.74, 6) is -1.10. The Labute approximate surface area is 207 Å². The molecule has 2 unspecified atom stereocenters. The highest BCUT2D eigenvalue weighted by molar-refractivity contribution is 8.13. The first-order chi connectivity index (χ1) is 16.5. The van der Waals surface area contributed by atoms with Crippen LogP contribution < -0.4 is 10.1 Å². The molecule has 11 heteroatoms. The van der Waals surface area contributed by atoms with Crippen LogP contribution in [0.2, 0.25) is 0 Å². The number of rotatable bonds is 12. The lowest BCUT2D eigenvalue weighted by atomic mass is 9.93. The predicted octanol–water partition coefficient (Wildman–Crippen LogP) is 3.49. The second-order valence-corrected chi connectivity index (χ2v) is 9.51. The van der Waals surface area contributed by atoms with Crippen LogP contribution >= 0.6 is 11.8 Å². The Kier molecular flexibility index (Phi) is 9.88. The van der Waals surface area contributed by atoms with Crippen LogP contribution in [-0.4, -0.2) is 54.2 Å². The highest BCUT2D eigenvalue weighted by Crippen LogP contribution is 2.28. The van der Waals surface area contributed by atoms with Crippen molar-refractivity contribution in [2.24, 2.45) is 5.41 Å². The van der Waals surface area contributed by atoms with Crippen molar-refractivity contribution in [1.82, 2.24) is 5.32 Å². The number of methoxy groups -OCH3 is 1. The minimum atomic E-state index is -1.28. The van der Waals surface area contributed by atoms with E-state index in [4.69, 9.17) is 9.47 Å². The number of hydrogen-bond donors (Lipinski definition) is 1. The molecule has 2 rings (SSSR count). The number of hydrogen-bond acceptors (Lipinski definition) is 9. The van der Waals surface area contributed by atoms with Gasteiger partial charge in [0.25, 0.3) is 5.09 Å². The largest absolute Gasteiger partial charge is 0.497 e. The molecule has 190 valence electrons. The van der Waals surface area contributed by atoms with E-state index in [1.807, 2.05) is 36.4 Å². The predicted molar refractivity (Wildman–Crippen MR) is 132 cm³/mol. The van der Waals surface area contributed by atoms with Crippen molar-refractivity contribution in [2.75, 3.05) is 26.1 Å². The van der Waals surface area contributed by atoms with Gasteiger partial charge in [-0.1, -0.05) is 43.0 Å². The number of amides is 1. The molecule has 0 aliphatic carbocycles. The smallest absolute Gasteiger partial charge is 0.329 e. The Hall–Kier alpha value is -3.34. The zero-order valence-electron chi connectivity index (χ0n) is 20.4. The Morgan fingerprint density at radius 2 is 1.80 bits per heavy atom. The molecule has 0 aromatic heterocycles. The van der Waals surface area contributed by atoms with Crippen LogP contribution in [0, 0.1) is 15.5 Å². The van der Waals surface area contributed by atoms with Crippen LogP contribution in [0.4, 0.5) is 0 Å². The standard InChI is InChI=1S/C24H30N2O8S/c1-6-33-21(27)20(25-23(29)24(3,4)14-34-26(30)31)13-35-22(28)15(2)16-7-8-18-12-19(32-5)10-9-17(18)11-16/h7-12,15,20H,6,13-14H2,1-5H3,(H,25,29). The highest BCUT2D eigenvalue weighted by atomic mass is 32.2. The highest BCUT2D eigenvalue weighted by Gasteiger charge is 2.34. The summed E-state index contributed by atoms with van der Waals surface area (Å²) in [5, 5.41) is 13.8. The van der Waals surface area contributed by atoms with Crippen LogP contribution in [0.25, 0.3) is 10.8 Å². The van der Waals surface area contributed by atoms with Crippen LogP contribution in [-0.2, 0) is 24.0 Å². The molecule has 1 amide bonds. The molecule has 2 atom stereocenters. The van der Waals surface area contributed by atoms with E-state index >= 15 is 0 Å². The van der Waals surface area contributed by atoms with Gasteiger partial charge >= 0.3 is 5.97 Å². The van der Waals surface area contributed by atoms with Gasteiger partial charge in [-0.05, 0) is 49.2 Å². The summed E-state index contributed by atoms with van der Waals surface area (Å²) in [6, 6.07) is 10.3. The molecule has 0 bridgehead atoms. The zero-order valence-corrected chi connectivity index (χ0v) is 21.2. The van der Waals surface area contributed by atoms with E-state index in [1.54, 1.807) is 21.0 Å². The third-order valence-electron chi connectivity index (χ3n) is 5.34. The van der Waals surface area contributed by atoms with Gasteiger partial charge in [0.05, 0.1) is 25.0 Å². The minimum Gasteiger partial charge on any atom is -0.497 e. The number of ether oxygens (including phenoxy) is 2. The molecule has 0 aliphatic heterocycles. The lowest BCUT2D eigenvalue weighted by Crippen LogP contribution is -2.50. The lowest BCUT2D eigenvalue weighted by molar-refractivity contribution is -0.760. The number of nitrogens with zero attached hydrogens (tertiary/aromatic N) is 1. The van der Waals surface area contributed by atoms with E-state index < -0.39 is 40.9 Å². The molecule has 35 heavy (non-hydrogen) atoms. The summed E-state index contributed by atoms with van der Waals surface area (Å²) in [7, 11) is 1.60. The molecule has 2 aromatic rings. The summed E-state index contributed by atoms with van der Waals surface area (Å²) in [4.78, 5) is 52.8. The molecule has 0 aliphatic rings. The molecule has 1 N–H and O–H groups in total. The van der Waals surface area contributed by atoms with Crippen molar-refractivity contribution in [1.29, 1.82) is 0 Å². The summed E-state index contributed by atoms with van der Waals surface area (Å²) >= 11 is 0.910. The first-order valence-corrected chi connectivity index (χ1v) is 12.0. The number of thioether (sulfide) groups is 1. The average molecular weight is 507 g/mol. The van der Waals surface area contributed by atoms with Crippen molar-refractivity contribution < 1.29 is 33.8 Å². The summed E-state index contributed by atoms with van der Waals surface area (Å²) in [5.41, 5.74) is -0.469. The fourth-order valence-electron chi connectivity index (χ4n) is 3.11. The first-order valence-electron chi connectivity index (χ1n) is 11.0. The minimum absolute atomic E-state index is 0.0509. The van der Waals surface area contributed by atoms with Gasteiger partial charge < -0.3 is 19.6 Å². The van der Waals surface area contributed by atoms with Crippen LogP contribution in [0.15, 0.2) is 36.4 Å². The van der Waals surface area contributed by atoms with Crippen molar-refractivity contribution in [2.45, 2.75) is 39.7 Å². The first kappa shape index (κ1) is 27.9. The van der Waals surface area contributed by atoms with E-state index in [-0.39, 0.29) is 17.5 Å². The van der Waals surface area contributed by atoms with Crippen molar-refractivity contribution in [3.05, 3.63) is 52.1 Å². The maximum absolute atomic E-state index is 12.9. The monoisotopic (exact) mass is 506 g/mol. The molecule has 0 fully saturated rings. The number of carbonyl (C=O) groups excluding carboxylic acids is 3. The maximum Gasteiger partial charge on any atom is 0.329 e. The van der Waals surface area contributed by atoms with E-state index in [2.05, 4.69) is 10.2 Å². The quantitative estimate of drug-likeness (QED) is 0.261. The second-order valence-electron chi connectivity index (χ2n) is 8.48. The SMILES string of the molecule is CCOC(=O)C(CSC(=O)C(C)c1ccc2cc(OC)ccc2c1)NC(=O)C(C)(C)CO[N+](=O)[O-]. The number of nitrogens with one attached hydrogen (secondary N) is 1. The molecular formula is C24H30N2O8S. The van der Waals surface area contributed by atoms with Crippen molar-refractivity contribution >= 4 is 39.5 Å². The number of fused-ring (bicyclic) bond motifs is 1. The molecule has 0 radical (unpaired) electrons. The van der Waals surface area contributed by atoms with E-state index in [1.165, 1.54) is 13.8 Å². The van der Waals surface area contributed by atoms with Gasteiger partial charge in [0.1, 0.15) is 18.4 Å². The zero-order chi connectivity index (χ0) is 26.2. The molecule has 0 spiro atoms. The summed E-state index contributed by atoms with van der Waals surface area (Å²) in [6.07, 6.45) is 0. The average Bonchev–Trinajstić information content (AvgIpc) is 2.83. The third-order valence-corrected chi connectivity index (χ3v) is 6.48.